The summed E-state index contributed by atoms with van der Waals surface area (Å²) in [6, 6.07) is 8.44. The molecule has 3 nitrogen and oxygen atoms in total. The molecule has 1 heterocycles. The average Bonchev–Trinajstić information content (AvgIpc) is 2.70. The van der Waals surface area contributed by atoms with Crippen LogP contribution in [0.5, 0.6) is 5.75 Å². The highest BCUT2D eigenvalue weighted by molar-refractivity contribution is 5.59. The zero-order valence-electron chi connectivity index (χ0n) is 9.89. The van der Waals surface area contributed by atoms with E-state index in [2.05, 4.69) is 17.9 Å². The van der Waals surface area contributed by atoms with E-state index in [1.807, 2.05) is 18.2 Å². The van der Waals surface area contributed by atoms with E-state index in [1.54, 1.807) is 7.11 Å². The number of rotatable bonds is 3. The standard InChI is InChI=1S/C13H19NO2/c1-10-11(9-15)7-8-14(10)12-5-3-4-6-13(12)16-2/h3-6,10-11,15H,7-9H2,1-2H3. The first-order chi connectivity index (χ1) is 7.77. The maximum absolute atomic E-state index is 9.27. The molecule has 88 valence electrons. The molecule has 0 aromatic heterocycles. The van der Waals surface area contributed by atoms with Gasteiger partial charge < -0.3 is 14.7 Å². The van der Waals surface area contributed by atoms with Gasteiger partial charge in [0.1, 0.15) is 5.75 Å². The molecule has 1 saturated heterocycles. The lowest BCUT2D eigenvalue weighted by Crippen LogP contribution is -2.31. The van der Waals surface area contributed by atoms with Gasteiger partial charge in [0.2, 0.25) is 0 Å². The van der Waals surface area contributed by atoms with Gasteiger partial charge >= 0.3 is 0 Å². The molecule has 16 heavy (non-hydrogen) atoms. The third kappa shape index (κ3) is 1.87. The normalized spacial score (nSPS) is 24.8. The van der Waals surface area contributed by atoms with Crippen LogP contribution in [0.2, 0.25) is 0 Å². The van der Waals surface area contributed by atoms with Gasteiger partial charge in [-0.3, -0.25) is 0 Å². The Labute approximate surface area is 96.6 Å². The summed E-state index contributed by atoms with van der Waals surface area (Å²) >= 11 is 0. The lowest BCUT2D eigenvalue weighted by atomic mass is 10.0. The van der Waals surface area contributed by atoms with E-state index in [9.17, 15) is 5.11 Å². The smallest absolute Gasteiger partial charge is 0.142 e. The van der Waals surface area contributed by atoms with Crippen LogP contribution >= 0.6 is 0 Å². The van der Waals surface area contributed by atoms with Gasteiger partial charge in [0.15, 0.2) is 0 Å². The van der Waals surface area contributed by atoms with Crippen LogP contribution in [-0.2, 0) is 0 Å². The lowest BCUT2D eigenvalue weighted by Gasteiger charge is -2.27. The van der Waals surface area contributed by atoms with Crippen molar-refractivity contribution in [2.45, 2.75) is 19.4 Å². The molecule has 0 aliphatic carbocycles. The molecule has 3 heteroatoms. The number of hydrogen-bond donors (Lipinski definition) is 1. The Hall–Kier alpha value is -1.22. The fraction of sp³-hybridized carbons (Fsp3) is 0.538. The first-order valence-electron chi connectivity index (χ1n) is 5.78. The molecule has 1 fully saturated rings. The van der Waals surface area contributed by atoms with Crippen molar-refractivity contribution in [1.29, 1.82) is 0 Å². The van der Waals surface area contributed by atoms with Crippen LogP contribution in [0.3, 0.4) is 0 Å². The predicted octanol–water partition coefficient (Wildman–Crippen LogP) is 1.90. The van der Waals surface area contributed by atoms with E-state index in [0.29, 0.717) is 12.0 Å². The lowest BCUT2D eigenvalue weighted by molar-refractivity contribution is 0.221. The maximum Gasteiger partial charge on any atom is 0.142 e. The van der Waals surface area contributed by atoms with Crippen molar-refractivity contribution in [3.8, 4) is 5.75 Å². The van der Waals surface area contributed by atoms with Crippen molar-refractivity contribution in [2.24, 2.45) is 5.92 Å². The first-order valence-corrected chi connectivity index (χ1v) is 5.78. The highest BCUT2D eigenvalue weighted by Gasteiger charge is 2.31. The van der Waals surface area contributed by atoms with E-state index in [-0.39, 0.29) is 6.61 Å². The molecule has 1 aromatic carbocycles. The monoisotopic (exact) mass is 221 g/mol. The van der Waals surface area contributed by atoms with Crippen LogP contribution in [0.1, 0.15) is 13.3 Å². The number of aliphatic hydroxyl groups is 1. The molecule has 0 radical (unpaired) electrons. The Morgan fingerprint density at radius 1 is 1.44 bits per heavy atom. The third-order valence-corrected chi connectivity index (χ3v) is 3.54. The third-order valence-electron chi connectivity index (χ3n) is 3.54. The number of benzene rings is 1. The summed E-state index contributed by atoms with van der Waals surface area (Å²) < 4.78 is 5.37. The molecule has 1 aromatic rings. The summed E-state index contributed by atoms with van der Waals surface area (Å²) in [5.41, 5.74) is 1.13. The van der Waals surface area contributed by atoms with E-state index in [1.165, 1.54) is 0 Å². The minimum absolute atomic E-state index is 0.271. The molecule has 2 rings (SSSR count). The van der Waals surface area contributed by atoms with Crippen molar-refractivity contribution in [3.05, 3.63) is 24.3 Å². The SMILES string of the molecule is COc1ccccc1N1CCC(CO)C1C. The van der Waals surface area contributed by atoms with Gasteiger partial charge in [0.05, 0.1) is 12.8 Å². The van der Waals surface area contributed by atoms with Crippen molar-refractivity contribution < 1.29 is 9.84 Å². The van der Waals surface area contributed by atoms with Gasteiger partial charge in [-0.2, -0.15) is 0 Å². The number of nitrogens with zero attached hydrogens (tertiary/aromatic N) is 1. The molecule has 1 aliphatic heterocycles. The zero-order valence-corrected chi connectivity index (χ0v) is 9.89. The highest BCUT2D eigenvalue weighted by Crippen LogP contribution is 2.35. The summed E-state index contributed by atoms with van der Waals surface area (Å²) in [6.07, 6.45) is 1.05. The molecule has 2 atom stereocenters. The number of ether oxygens (including phenoxy) is 1. The van der Waals surface area contributed by atoms with Gasteiger partial charge in [-0.05, 0) is 25.5 Å². The van der Waals surface area contributed by atoms with Crippen molar-refractivity contribution in [3.63, 3.8) is 0 Å². The fourth-order valence-electron chi connectivity index (χ4n) is 2.45. The molecular weight excluding hydrogens is 202 g/mol. The van der Waals surface area contributed by atoms with E-state index in [0.717, 1.165) is 24.4 Å². The Morgan fingerprint density at radius 3 is 2.81 bits per heavy atom. The van der Waals surface area contributed by atoms with Crippen molar-refractivity contribution in [1.82, 2.24) is 0 Å². The molecular formula is C13H19NO2. The predicted molar refractivity (Wildman–Crippen MR) is 65.0 cm³/mol. The number of anilines is 1. The van der Waals surface area contributed by atoms with Crippen LogP contribution < -0.4 is 9.64 Å². The highest BCUT2D eigenvalue weighted by atomic mass is 16.5. The number of para-hydroxylation sites is 2. The minimum Gasteiger partial charge on any atom is -0.495 e. The minimum atomic E-state index is 0.271. The summed E-state index contributed by atoms with van der Waals surface area (Å²) in [6.45, 7) is 3.43. The van der Waals surface area contributed by atoms with Crippen LogP contribution in [0.4, 0.5) is 5.69 Å². The molecule has 0 amide bonds. The van der Waals surface area contributed by atoms with Gasteiger partial charge in [-0.25, -0.2) is 0 Å². The van der Waals surface area contributed by atoms with Crippen LogP contribution in [0.15, 0.2) is 24.3 Å². The Bertz CT molecular complexity index is 354. The first kappa shape index (κ1) is 11.3. The fourth-order valence-corrected chi connectivity index (χ4v) is 2.45. The Morgan fingerprint density at radius 2 is 2.19 bits per heavy atom. The van der Waals surface area contributed by atoms with Crippen molar-refractivity contribution in [2.75, 3.05) is 25.2 Å². The maximum atomic E-state index is 9.27. The largest absolute Gasteiger partial charge is 0.495 e. The second-order valence-corrected chi connectivity index (χ2v) is 4.34. The van der Waals surface area contributed by atoms with Crippen molar-refractivity contribution >= 4 is 5.69 Å². The van der Waals surface area contributed by atoms with E-state index < -0.39 is 0 Å². The van der Waals surface area contributed by atoms with E-state index in [4.69, 9.17) is 4.74 Å². The Kier molecular flexibility index (Phi) is 3.34. The van der Waals surface area contributed by atoms with Gasteiger partial charge in [-0.15, -0.1) is 0 Å². The second-order valence-electron chi connectivity index (χ2n) is 4.34. The quantitative estimate of drug-likeness (QED) is 0.846. The Balaban J connectivity index is 2.24. The number of methoxy groups -OCH3 is 1. The number of aliphatic hydroxyl groups excluding tert-OH is 1. The summed E-state index contributed by atoms with van der Waals surface area (Å²) in [7, 11) is 1.70. The van der Waals surface area contributed by atoms with E-state index >= 15 is 0 Å². The molecule has 0 bridgehead atoms. The molecule has 0 spiro atoms. The topological polar surface area (TPSA) is 32.7 Å². The molecule has 2 unspecified atom stereocenters. The van der Waals surface area contributed by atoms with Gasteiger partial charge in [-0.1, -0.05) is 12.1 Å². The second kappa shape index (κ2) is 4.74. The van der Waals surface area contributed by atoms with Crippen LogP contribution in [0.25, 0.3) is 0 Å². The van der Waals surface area contributed by atoms with Gasteiger partial charge in [0, 0.05) is 25.1 Å². The van der Waals surface area contributed by atoms with Crippen LogP contribution in [0, 0.1) is 5.92 Å². The average molecular weight is 221 g/mol. The van der Waals surface area contributed by atoms with Gasteiger partial charge in [0.25, 0.3) is 0 Å². The summed E-state index contributed by atoms with van der Waals surface area (Å²) in [5.74, 6) is 1.29. The summed E-state index contributed by atoms with van der Waals surface area (Å²) in [4.78, 5) is 2.32. The molecule has 1 aliphatic rings. The number of hydrogen-bond acceptors (Lipinski definition) is 3. The summed E-state index contributed by atoms with van der Waals surface area (Å²) in [5, 5.41) is 9.27. The molecule has 1 N–H and O–H groups in total. The molecule has 0 saturated carbocycles. The zero-order chi connectivity index (χ0) is 11.5. The van der Waals surface area contributed by atoms with Crippen LogP contribution in [-0.4, -0.2) is 31.4 Å².